The van der Waals surface area contributed by atoms with Crippen molar-refractivity contribution < 1.29 is 9.47 Å². The highest BCUT2D eigenvalue weighted by Crippen LogP contribution is 2.32. The van der Waals surface area contributed by atoms with Crippen molar-refractivity contribution in [2.24, 2.45) is 5.73 Å². The zero-order valence-electron chi connectivity index (χ0n) is 13.8. The number of benzene rings is 2. The molecule has 2 rings (SSSR count). The van der Waals surface area contributed by atoms with Crippen molar-refractivity contribution in [3.63, 3.8) is 0 Å². The molecule has 0 aliphatic rings. The van der Waals surface area contributed by atoms with Crippen molar-refractivity contribution >= 4 is 0 Å². The number of rotatable bonds is 6. The van der Waals surface area contributed by atoms with Crippen LogP contribution in [0.5, 0.6) is 11.5 Å². The zero-order valence-corrected chi connectivity index (χ0v) is 13.8. The third-order valence-corrected chi connectivity index (χ3v) is 4.13. The van der Waals surface area contributed by atoms with Crippen LogP contribution < -0.4 is 15.2 Å². The van der Waals surface area contributed by atoms with Gasteiger partial charge in [-0.25, -0.2) is 0 Å². The maximum Gasteiger partial charge on any atom is 0.160 e. The van der Waals surface area contributed by atoms with E-state index in [0.29, 0.717) is 6.54 Å². The molecule has 3 heteroatoms. The molecule has 0 saturated heterocycles. The van der Waals surface area contributed by atoms with Gasteiger partial charge in [-0.05, 0) is 55.6 Å². The van der Waals surface area contributed by atoms with Crippen LogP contribution in [0.25, 0.3) is 0 Å². The van der Waals surface area contributed by atoms with Crippen LogP contribution in [-0.2, 0) is 6.42 Å². The Balaban J connectivity index is 2.30. The molecule has 3 nitrogen and oxygen atoms in total. The topological polar surface area (TPSA) is 44.5 Å². The lowest BCUT2D eigenvalue weighted by Crippen LogP contribution is -2.16. The van der Waals surface area contributed by atoms with Crippen molar-refractivity contribution in [2.45, 2.75) is 26.2 Å². The van der Waals surface area contributed by atoms with Gasteiger partial charge in [0.1, 0.15) is 0 Å². The van der Waals surface area contributed by atoms with Crippen molar-refractivity contribution in [1.82, 2.24) is 0 Å². The molecule has 0 aliphatic carbocycles. The van der Waals surface area contributed by atoms with E-state index in [1.807, 2.05) is 12.1 Å². The molecule has 0 saturated carbocycles. The first-order valence-corrected chi connectivity index (χ1v) is 7.57. The molecule has 1 unspecified atom stereocenters. The fourth-order valence-corrected chi connectivity index (χ4v) is 2.73. The molecule has 0 fully saturated rings. The summed E-state index contributed by atoms with van der Waals surface area (Å²) in [5.41, 5.74) is 11.2. The Bertz CT molecular complexity index is 637. The summed E-state index contributed by atoms with van der Waals surface area (Å²) in [5, 5.41) is 0. The maximum absolute atomic E-state index is 6.03. The van der Waals surface area contributed by atoms with Gasteiger partial charge in [0.25, 0.3) is 0 Å². The molecule has 0 bridgehead atoms. The SMILES string of the molecule is COc1ccc(C(CN)Cc2cc(C)ccc2C)cc1OC. The van der Waals surface area contributed by atoms with E-state index in [-0.39, 0.29) is 5.92 Å². The first kappa shape index (κ1) is 16.4. The minimum absolute atomic E-state index is 0.264. The van der Waals surface area contributed by atoms with E-state index >= 15 is 0 Å². The van der Waals surface area contributed by atoms with Gasteiger partial charge in [0, 0.05) is 5.92 Å². The Kier molecular flexibility index (Phi) is 5.45. The summed E-state index contributed by atoms with van der Waals surface area (Å²) in [6.45, 7) is 4.87. The molecule has 2 N–H and O–H groups in total. The zero-order chi connectivity index (χ0) is 16.1. The molecule has 1 atom stereocenters. The van der Waals surface area contributed by atoms with Crippen LogP contribution in [0.1, 0.15) is 28.2 Å². The van der Waals surface area contributed by atoms with E-state index in [0.717, 1.165) is 17.9 Å². The van der Waals surface area contributed by atoms with Gasteiger partial charge in [-0.2, -0.15) is 0 Å². The highest BCUT2D eigenvalue weighted by molar-refractivity contribution is 5.44. The van der Waals surface area contributed by atoms with Gasteiger partial charge in [-0.1, -0.05) is 29.8 Å². The van der Waals surface area contributed by atoms with E-state index < -0.39 is 0 Å². The van der Waals surface area contributed by atoms with E-state index in [2.05, 4.69) is 38.1 Å². The van der Waals surface area contributed by atoms with E-state index in [1.54, 1.807) is 14.2 Å². The van der Waals surface area contributed by atoms with Crippen LogP contribution in [0.4, 0.5) is 0 Å². The van der Waals surface area contributed by atoms with E-state index in [4.69, 9.17) is 15.2 Å². The lowest BCUT2D eigenvalue weighted by atomic mass is 9.89. The largest absolute Gasteiger partial charge is 0.493 e. The third kappa shape index (κ3) is 3.60. The second-order valence-electron chi connectivity index (χ2n) is 5.68. The van der Waals surface area contributed by atoms with Crippen molar-refractivity contribution in [3.8, 4) is 11.5 Å². The molecule has 118 valence electrons. The van der Waals surface area contributed by atoms with Crippen LogP contribution in [0, 0.1) is 13.8 Å². The summed E-state index contributed by atoms with van der Waals surface area (Å²) in [4.78, 5) is 0. The van der Waals surface area contributed by atoms with Gasteiger partial charge in [0.05, 0.1) is 14.2 Å². The van der Waals surface area contributed by atoms with Crippen LogP contribution in [0.3, 0.4) is 0 Å². The molecule has 0 aromatic heterocycles. The first-order valence-electron chi connectivity index (χ1n) is 7.57. The van der Waals surface area contributed by atoms with Gasteiger partial charge < -0.3 is 15.2 Å². The van der Waals surface area contributed by atoms with E-state index in [1.165, 1.54) is 22.3 Å². The minimum atomic E-state index is 0.264. The average Bonchev–Trinajstić information content (AvgIpc) is 2.55. The van der Waals surface area contributed by atoms with Gasteiger partial charge in [-0.3, -0.25) is 0 Å². The van der Waals surface area contributed by atoms with Crippen LogP contribution in [0.15, 0.2) is 36.4 Å². The molecule has 0 aliphatic heterocycles. The highest BCUT2D eigenvalue weighted by Gasteiger charge is 2.15. The molecule has 0 spiro atoms. The Hall–Kier alpha value is -2.00. The monoisotopic (exact) mass is 299 g/mol. The number of hydrogen-bond donors (Lipinski definition) is 1. The smallest absolute Gasteiger partial charge is 0.160 e. The second kappa shape index (κ2) is 7.32. The summed E-state index contributed by atoms with van der Waals surface area (Å²) in [5.74, 6) is 1.76. The highest BCUT2D eigenvalue weighted by atomic mass is 16.5. The normalized spacial score (nSPS) is 12.0. The quantitative estimate of drug-likeness (QED) is 0.886. The molecule has 2 aromatic carbocycles. The maximum atomic E-state index is 6.03. The number of nitrogens with two attached hydrogens (primary N) is 1. The van der Waals surface area contributed by atoms with Crippen LogP contribution in [-0.4, -0.2) is 20.8 Å². The van der Waals surface area contributed by atoms with Gasteiger partial charge >= 0.3 is 0 Å². The Labute approximate surface area is 133 Å². The average molecular weight is 299 g/mol. The number of methoxy groups -OCH3 is 2. The molecule has 22 heavy (non-hydrogen) atoms. The predicted molar refractivity (Wildman–Crippen MR) is 91.0 cm³/mol. The lowest BCUT2D eigenvalue weighted by molar-refractivity contribution is 0.354. The van der Waals surface area contributed by atoms with Crippen LogP contribution >= 0.6 is 0 Å². The van der Waals surface area contributed by atoms with Crippen molar-refractivity contribution in [2.75, 3.05) is 20.8 Å². The summed E-state index contributed by atoms with van der Waals surface area (Å²) in [7, 11) is 3.30. The Morgan fingerprint density at radius 3 is 2.32 bits per heavy atom. The fraction of sp³-hybridized carbons (Fsp3) is 0.368. The number of aryl methyl sites for hydroxylation is 2. The van der Waals surface area contributed by atoms with Crippen molar-refractivity contribution in [3.05, 3.63) is 58.7 Å². The van der Waals surface area contributed by atoms with Gasteiger partial charge in [0.15, 0.2) is 11.5 Å². The standard InChI is InChI=1S/C19H25NO2/c1-13-5-6-14(2)16(9-13)10-17(12-20)15-7-8-18(21-3)19(11-15)22-4/h5-9,11,17H,10,12,20H2,1-4H3. The number of ether oxygens (including phenoxy) is 2. The number of hydrogen-bond acceptors (Lipinski definition) is 3. The van der Waals surface area contributed by atoms with Gasteiger partial charge in [-0.15, -0.1) is 0 Å². The van der Waals surface area contributed by atoms with Gasteiger partial charge in [0.2, 0.25) is 0 Å². The summed E-state index contributed by atoms with van der Waals surface area (Å²) in [6, 6.07) is 12.6. The first-order chi connectivity index (χ1) is 10.6. The summed E-state index contributed by atoms with van der Waals surface area (Å²) >= 11 is 0. The Morgan fingerprint density at radius 2 is 1.68 bits per heavy atom. The predicted octanol–water partition coefficient (Wildman–Crippen LogP) is 3.61. The second-order valence-corrected chi connectivity index (χ2v) is 5.68. The lowest BCUT2D eigenvalue weighted by Gasteiger charge is -2.19. The van der Waals surface area contributed by atoms with Crippen molar-refractivity contribution in [1.29, 1.82) is 0 Å². The molecule has 0 amide bonds. The third-order valence-electron chi connectivity index (χ3n) is 4.13. The minimum Gasteiger partial charge on any atom is -0.493 e. The van der Waals surface area contributed by atoms with E-state index in [9.17, 15) is 0 Å². The molecule has 0 radical (unpaired) electrons. The molecular weight excluding hydrogens is 274 g/mol. The molecule has 0 heterocycles. The molecule has 2 aromatic rings. The summed E-state index contributed by atoms with van der Waals surface area (Å²) in [6.07, 6.45) is 0.930. The molecular formula is C19H25NO2. The Morgan fingerprint density at radius 1 is 0.955 bits per heavy atom. The van der Waals surface area contributed by atoms with Crippen LogP contribution in [0.2, 0.25) is 0 Å². The summed E-state index contributed by atoms with van der Waals surface area (Å²) < 4.78 is 10.7. The fourth-order valence-electron chi connectivity index (χ4n) is 2.73.